The molecule has 0 aliphatic rings. The van der Waals surface area contributed by atoms with Gasteiger partial charge < -0.3 is 16.6 Å². The van der Waals surface area contributed by atoms with Gasteiger partial charge >= 0.3 is 35.5 Å². The number of carboxylic acid groups (broad SMARTS) is 1. The van der Waals surface area contributed by atoms with Crippen LogP contribution in [0.3, 0.4) is 0 Å². The van der Waals surface area contributed by atoms with Gasteiger partial charge in [0.05, 0.1) is 6.42 Å². The SMILES string of the molecule is NC(=O)CC(N)C(=O)O.[Na+]. The number of hydrogen-bond acceptors (Lipinski definition) is 3. The van der Waals surface area contributed by atoms with Crippen molar-refractivity contribution in [2.75, 3.05) is 0 Å². The predicted molar refractivity (Wildman–Crippen MR) is 29.4 cm³/mol. The van der Waals surface area contributed by atoms with Crippen LogP contribution in [0.25, 0.3) is 0 Å². The van der Waals surface area contributed by atoms with E-state index in [1.54, 1.807) is 0 Å². The number of amides is 1. The largest absolute Gasteiger partial charge is 1.00 e. The van der Waals surface area contributed by atoms with E-state index in [4.69, 9.17) is 10.8 Å². The van der Waals surface area contributed by atoms with Gasteiger partial charge in [-0.25, -0.2) is 0 Å². The van der Waals surface area contributed by atoms with Crippen LogP contribution in [0.4, 0.5) is 0 Å². The van der Waals surface area contributed by atoms with Crippen molar-refractivity contribution in [2.45, 2.75) is 12.5 Å². The second-order valence-corrected chi connectivity index (χ2v) is 1.62. The summed E-state index contributed by atoms with van der Waals surface area (Å²) >= 11 is 0. The molecule has 52 valence electrons. The van der Waals surface area contributed by atoms with Crippen molar-refractivity contribution >= 4 is 11.9 Å². The zero-order valence-corrected chi connectivity index (χ0v) is 7.70. The van der Waals surface area contributed by atoms with Crippen LogP contribution < -0.4 is 41.0 Å². The Morgan fingerprint density at radius 3 is 2.00 bits per heavy atom. The molecule has 5 N–H and O–H groups in total. The number of aliphatic carboxylic acids is 1. The summed E-state index contributed by atoms with van der Waals surface area (Å²) in [6.45, 7) is 0. The van der Waals surface area contributed by atoms with Crippen LogP contribution in [0, 0.1) is 0 Å². The van der Waals surface area contributed by atoms with Gasteiger partial charge in [-0.05, 0) is 0 Å². The third-order valence-electron chi connectivity index (χ3n) is 0.738. The summed E-state index contributed by atoms with van der Waals surface area (Å²) in [5, 5.41) is 8.10. The molecule has 0 radical (unpaired) electrons. The Kier molecular flexibility index (Phi) is 7.12. The molecule has 1 unspecified atom stereocenters. The third kappa shape index (κ3) is 6.03. The van der Waals surface area contributed by atoms with Gasteiger partial charge in [-0.15, -0.1) is 0 Å². The second kappa shape index (κ2) is 5.67. The molecule has 0 aliphatic heterocycles. The van der Waals surface area contributed by atoms with Gasteiger partial charge in [-0.1, -0.05) is 0 Å². The fraction of sp³-hybridized carbons (Fsp3) is 0.500. The van der Waals surface area contributed by atoms with Crippen LogP contribution in [0.15, 0.2) is 0 Å². The third-order valence-corrected chi connectivity index (χ3v) is 0.738. The Balaban J connectivity index is 0. The molecule has 0 aromatic rings. The summed E-state index contributed by atoms with van der Waals surface area (Å²) in [7, 11) is 0. The van der Waals surface area contributed by atoms with Crippen LogP contribution in [0.5, 0.6) is 0 Å². The molecule has 0 saturated carbocycles. The van der Waals surface area contributed by atoms with Crippen molar-refractivity contribution in [2.24, 2.45) is 11.5 Å². The predicted octanol–water partition coefficient (Wildman–Crippen LogP) is -4.72. The quantitative estimate of drug-likeness (QED) is 0.356. The minimum absolute atomic E-state index is 0. The van der Waals surface area contributed by atoms with Gasteiger partial charge in [0, 0.05) is 0 Å². The molecule has 1 amide bonds. The van der Waals surface area contributed by atoms with Gasteiger partial charge in [-0.2, -0.15) is 0 Å². The number of carbonyl (C=O) groups excluding carboxylic acids is 1. The Bertz CT molecular complexity index is 138. The van der Waals surface area contributed by atoms with E-state index in [2.05, 4.69) is 5.73 Å². The number of carboxylic acids is 1. The maximum atomic E-state index is 9.99. The maximum absolute atomic E-state index is 9.99. The van der Waals surface area contributed by atoms with E-state index < -0.39 is 17.9 Å². The molecule has 0 spiro atoms. The standard InChI is InChI=1S/C4H8N2O3.Na/c5-2(4(8)9)1-3(6)7;/h2H,1,5H2,(H2,6,7)(H,8,9);/q;+1. The second-order valence-electron chi connectivity index (χ2n) is 1.62. The van der Waals surface area contributed by atoms with Crippen LogP contribution in [0.2, 0.25) is 0 Å². The molecular weight excluding hydrogens is 147 g/mol. The van der Waals surface area contributed by atoms with Crippen molar-refractivity contribution < 1.29 is 44.3 Å². The van der Waals surface area contributed by atoms with Crippen LogP contribution >= 0.6 is 0 Å². The monoisotopic (exact) mass is 155 g/mol. The molecule has 0 aliphatic carbocycles. The molecule has 0 rings (SSSR count). The molecule has 10 heavy (non-hydrogen) atoms. The Hall–Kier alpha value is -0.100. The zero-order chi connectivity index (χ0) is 7.44. The topological polar surface area (TPSA) is 106 Å². The number of hydrogen-bond donors (Lipinski definition) is 3. The molecule has 0 heterocycles. The molecule has 0 fully saturated rings. The first-order chi connectivity index (χ1) is 4.04. The fourth-order valence-electron chi connectivity index (χ4n) is 0.304. The number of rotatable bonds is 3. The molecule has 6 heteroatoms. The average Bonchev–Trinajstić information content (AvgIpc) is 1.63. The van der Waals surface area contributed by atoms with Crippen LogP contribution in [0.1, 0.15) is 6.42 Å². The van der Waals surface area contributed by atoms with Crippen LogP contribution in [-0.4, -0.2) is 23.0 Å². The summed E-state index contributed by atoms with van der Waals surface area (Å²) in [4.78, 5) is 19.9. The van der Waals surface area contributed by atoms with Crippen LogP contribution in [-0.2, 0) is 9.59 Å². The molecule has 5 nitrogen and oxygen atoms in total. The summed E-state index contributed by atoms with van der Waals surface area (Å²) in [6, 6.07) is -1.16. The van der Waals surface area contributed by atoms with Crippen molar-refractivity contribution in [3.05, 3.63) is 0 Å². The molecule has 1 atom stereocenters. The summed E-state index contributed by atoms with van der Waals surface area (Å²) in [5.74, 6) is -1.92. The van der Waals surface area contributed by atoms with Gasteiger partial charge in [0.2, 0.25) is 5.91 Å². The minimum Gasteiger partial charge on any atom is -0.480 e. The van der Waals surface area contributed by atoms with Crippen molar-refractivity contribution in [3.8, 4) is 0 Å². The fourth-order valence-corrected chi connectivity index (χ4v) is 0.304. The number of primary amides is 1. The Labute approximate surface area is 80.0 Å². The average molecular weight is 155 g/mol. The Morgan fingerprint density at radius 2 is 1.90 bits per heavy atom. The van der Waals surface area contributed by atoms with Gasteiger partial charge in [0.15, 0.2) is 0 Å². The molecule has 0 aromatic carbocycles. The van der Waals surface area contributed by atoms with Crippen molar-refractivity contribution in [1.82, 2.24) is 0 Å². The van der Waals surface area contributed by atoms with E-state index in [0.717, 1.165) is 0 Å². The molecular formula is C4H8N2NaO3+. The first-order valence-corrected chi connectivity index (χ1v) is 2.30. The summed E-state index contributed by atoms with van der Waals surface area (Å²) in [6.07, 6.45) is -0.310. The summed E-state index contributed by atoms with van der Waals surface area (Å²) < 4.78 is 0. The smallest absolute Gasteiger partial charge is 0.480 e. The van der Waals surface area contributed by atoms with Gasteiger partial charge in [0.1, 0.15) is 6.04 Å². The van der Waals surface area contributed by atoms with Gasteiger partial charge in [-0.3, -0.25) is 9.59 Å². The van der Waals surface area contributed by atoms with E-state index in [1.165, 1.54) is 0 Å². The number of nitrogens with two attached hydrogens (primary N) is 2. The van der Waals surface area contributed by atoms with E-state index in [1.807, 2.05) is 0 Å². The molecule has 0 saturated heterocycles. The van der Waals surface area contributed by atoms with Crippen molar-refractivity contribution in [1.29, 1.82) is 0 Å². The summed E-state index contributed by atoms with van der Waals surface area (Å²) in [5.41, 5.74) is 9.57. The van der Waals surface area contributed by atoms with E-state index in [9.17, 15) is 9.59 Å². The first-order valence-electron chi connectivity index (χ1n) is 2.30. The first kappa shape index (κ1) is 12.6. The van der Waals surface area contributed by atoms with E-state index >= 15 is 0 Å². The van der Waals surface area contributed by atoms with Crippen molar-refractivity contribution in [3.63, 3.8) is 0 Å². The van der Waals surface area contributed by atoms with Gasteiger partial charge in [0.25, 0.3) is 0 Å². The van der Waals surface area contributed by atoms with E-state index in [0.29, 0.717) is 0 Å². The zero-order valence-electron chi connectivity index (χ0n) is 5.70. The molecule has 0 bridgehead atoms. The molecule has 0 aromatic heterocycles. The maximum Gasteiger partial charge on any atom is 1.00 e. The number of carbonyl (C=O) groups is 2. The Morgan fingerprint density at radius 1 is 1.50 bits per heavy atom. The minimum atomic E-state index is -1.21. The van der Waals surface area contributed by atoms with E-state index in [-0.39, 0.29) is 36.0 Å². The normalized spacial score (nSPS) is 11.3.